The Balaban J connectivity index is 1.78. The molecular formula is C12H14ClIN4. The maximum atomic E-state index is 5.90. The molecule has 1 aliphatic rings. The molecule has 0 unspecified atom stereocenters. The molecule has 6 heteroatoms. The minimum Gasteiger partial charge on any atom is -0.272 e. The Kier molecular flexibility index (Phi) is 3.36. The summed E-state index contributed by atoms with van der Waals surface area (Å²) >= 11 is 8.14. The molecular weight excluding hydrogens is 363 g/mol. The van der Waals surface area contributed by atoms with Gasteiger partial charge < -0.3 is 0 Å². The first-order valence-electron chi connectivity index (χ1n) is 6.03. The van der Waals surface area contributed by atoms with E-state index in [-0.39, 0.29) is 0 Å². The molecule has 0 aliphatic heterocycles. The van der Waals surface area contributed by atoms with Gasteiger partial charge in [-0.2, -0.15) is 10.2 Å². The summed E-state index contributed by atoms with van der Waals surface area (Å²) in [6, 6.07) is 1.87. The van der Waals surface area contributed by atoms with E-state index in [2.05, 4.69) is 50.6 Å². The molecule has 0 saturated heterocycles. The lowest BCUT2D eigenvalue weighted by atomic mass is 10.3. The normalized spacial score (nSPS) is 15.3. The van der Waals surface area contributed by atoms with E-state index in [4.69, 9.17) is 11.6 Å². The average Bonchev–Trinajstić information content (AvgIpc) is 2.95. The maximum absolute atomic E-state index is 5.90. The number of halogens is 2. The number of hydrogen-bond donors (Lipinski definition) is 0. The molecule has 0 N–H and O–H groups in total. The van der Waals surface area contributed by atoms with Gasteiger partial charge in [0.1, 0.15) is 3.70 Å². The van der Waals surface area contributed by atoms with Crippen LogP contribution < -0.4 is 0 Å². The summed E-state index contributed by atoms with van der Waals surface area (Å²) in [6.45, 7) is 3.84. The van der Waals surface area contributed by atoms with Gasteiger partial charge >= 0.3 is 0 Å². The van der Waals surface area contributed by atoms with Crippen LogP contribution in [0.1, 0.15) is 24.1 Å². The molecule has 1 fully saturated rings. The van der Waals surface area contributed by atoms with Crippen molar-refractivity contribution in [2.75, 3.05) is 0 Å². The topological polar surface area (TPSA) is 35.6 Å². The van der Waals surface area contributed by atoms with Gasteiger partial charge in [-0.05, 0) is 48.3 Å². The van der Waals surface area contributed by atoms with E-state index >= 15 is 0 Å². The zero-order valence-electron chi connectivity index (χ0n) is 10.1. The van der Waals surface area contributed by atoms with Gasteiger partial charge in [0.05, 0.1) is 12.2 Å². The van der Waals surface area contributed by atoms with Crippen molar-refractivity contribution in [1.29, 1.82) is 0 Å². The molecule has 0 bridgehead atoms. The molecule has 0 amide bonds. The fourth-order valence-electron chi connectivity index (χ4n) is 2.01. The van der Waals surface area contributed by atoms with Crippen LogP contribution in [0.25, 0.3) is 0 Å². The van der Waals surface area contributed by atoms with E-state index < -0.39 is 0 Å². The minimum absolute atomic E-state index is 0.544. The van der Waals surface area contributed by atoms with Crippen molar-refractivity contribution >= 4 is 34.2 Å². The fourth-order valence-corrected chi connectivity index (χ4v) is 2.96. The fraction of sp³-hybridized carbons (Fsp3) is 0.500. The van der Waals surface area contributed by atoms with Crippen molar-refractivity contribution in [3.05, 3.63) is 32.4 Å². The van der Waals surface area contributed by atoms with Crippen LogP contribution in [0.3, 0.4) is 0 Å². The summed E-state index contributed by atoms with van der Waals surface area (Å²) in [4.78, 5) is 0. The van der Waals surface area contributed by atoms with E-state index in [0.29, 0.717) is 5.15 Å². The Labute approximate surface area is 124 Å². The van der Waals surface area contributed by atoms with Crippen LogP contribution in [-0.2, 0) is 13.1 Å². The van der Waals surface area contributed by atoms with Gasteiger partial charge in [-0.15, -0.1) is 0 Å². The van der Waals surface area contributed by atoms with Gasteiger partial charge in [-0.1, -0.05) is 11.6 Å². The van der Waals surface area contributed by atoms with Crippen molar-refractivity contribution in [3.63, 3.8) is 0 Å². The van der Waals surface area contributed by atoms with Crippen LogP contribution in [-0.4, -0.2) is 19.6 Å². The predicted molar refractivity (Wildman–Crippen MR) is 78.7 cm³/mol. The first-order valence-corrected chi connectivity index (χ1v) is 7.49. The van der Waals surface area contributed by atoms with Crippen molar-refractivity contribution < 1.29 is 0 Å². The first-order chi connectivity index (χ1) is 8.61. The molecule has 0 aromatic carbocycles. The lowest BCUT2D eigenvalue weighted by Gasteiger charge is -2.01. The second-order valence-electron chi connectivity index (χ2n) is 4.85. The van der Waals surface area contributed by atoms with Crippen molar-refractivity contribution in [3.8, 4) is 0 Å². The lowest BCUT2D eigenvalue weighted by molar-refractivity contribution is 0.559. The van der Waals surface area contributed by atoms with Crippen LogP contribution in [0, 0.1) is 16.5 Å². The Morgan fingerprint density at radius 3 is 2.83 bits per heavy atom. The highest BCUT2D eigenvalue weighted by molar-refractivity contribution is 14.1. The van der Waals surface area contributed by atoms with Crippen LogP contribution in [0.15, 0.2) is 12.3 Å². The van der Waals surface area contributed by atoms with Crippen LogP contribution in [0.4, 0.5) is 0 Å². The largest absolute Gasteiger partial charge is 0.272 e. The third-order valence-electron chi connectivity index (χ3n) is 3.21. The molecule has 1 aliphatic carbocycles. The molecule has 2 aromatic rings. The Bertz CT molecular complexity index is 571. The molecule has 2 aromatic heterocycles. The lowest BCUT2D eigenvalue weighted by Crippen LogP contribution is -2.04. The van der Waals surface area contributed by atoms with Gasteiger partial charge in [0, 0.05) is 24.4 Å². The van der Waals surface area contributed by atoms with Gasteiger partial charge in [0.25, 0.3) is 0 Å². The highest BCUT2D eigenvalue weighted by Crippen LogP contribution is 2.30. The zero-order valence-corrected chi connectivity index (χ0v) is 13.0. The number of aryl methyl sites for hydroxylation is 1. The highest BCUT2D eigenvalue weighted by atomic mass is 127. The monoisotopic (exact) mass is 376 g/mol. The Morgan fingerprint density at radius 2 is 2.22 bits per heavy atom. The van der Waals surface area contributed by atoms with Crippen molar-refractivity contribution in [2.45, 2.75) is 32.9 Å². The number of hydrogen-bond acceptors (Lipinski definition) is 2. The molecule has 96 valence electrons. The van der Waals surface area contributed by atoms with Gasteiger partial charge in [-0.25, -0.2) is 0 Å². The predicted octanol–water partition coefficient (Wildman–Crippen LogP) is 3.10. The standard InChI is InChI=1S/C12H14ClIN4/c1-8-10(6-17(15-8)5-9-2-3-9)7-18-12(14)4-11(13)16-18/h4,6,9H,2-3,5,7H2,1H3. The molecule has 18 heavy (non-hydrogen) atoms. The molecule has 0 atom stereocenters. The second kappa shape index (κ2) is 4.85. The van der Waals surface area contributed by atoms with Gasteiger partial charge in [-0.3, -0.25) is 9.36 Å². The number of nitrogens with zero attached hydrogens (tertiary/aromatic N) is 4. The van der Waals surface area contributed by atoms with E-state index in [1.165, 1.54) is 18.4 Å². The summed E-state index contributed by atoms with van der Waals surface area (Å²) in [6.07, 6.45) is 4.83. The third kappa shape index (κ3) is 2.71. The summed E-state index contributed by atoms with van der Waals surface area (Å²) < 4.78 is 5.03. The highest BCUT2D eigenvalue weighted by Gasteiger charge is 2.22. The smallest absolute Gasteiger partial charge is 0.152 e. The second-order valence-corrected chi connectivity index (χ2v) is 6.35. The third-order valence-corrected chi connectivity index (χ3v) is 4.26. The van der Waals surface area contributed by atoms with Crippen LogP contribution in [0.2, 0.25) is 5.15 Å². The van der Waals surface area contributed by atoms with E-state index in [9.17, 15) is 0 Å². The van der Waals surface area contributed by atoms with E-state index in [1.807, 2.05) is 10.7 Å². The SMILES string of the molecule is Cc1nn(CC2CC2)cc1Cn1nc(Cl)cc1I. The summed E-state index contributed by atoms with van der Waals surface area (Å²) in [5.74, 6) is 0.844. The molecule has 2 heterocycles. The molecule has 0 spiro atoms. The first kappa shape index (κ1) is 12.5. The molecule has 0 radical (unpaired) electrons. The van der Waals surface area contributed by atoms with E-state index in [1.54, 1.807) is 0 Å². The molecule has 4 nitrogen and oxygen atoms in total. The quantitative estimate of drug-likeness (QED) is 0.769. The number of rotatable bonds is 4. The van der Waals surface area contributed by atoms with Crippen LogP contribution in [0.5, 0.6) is 0 Å². The summed E-state index contributed by atoms with van der Waals surface area (Å²) in [5.41, 5.74) is 2.30. The Morgan fingerprint density at radius 1 is 1.44 bits per heavy atom. The number of aromatic nitrogens is 4. The summed E-state index contributed by atoms with van der Waals surface area (Å²) in [7, 11) is 0. The average molecular weight is 377 g/mol. The van der Waals surface area contributed by atoms with Crippen LogP contribution >= 0.6 is 34.2 Å². The summed E-state index contributed by atoms with van der Waals surface area (Å²) in [5, 5.41) is 9.37. The minimum atomic E-state index is 0.544. The molecule has 3 rings (SSSR count). The van der Waals surface area contributed by atoms with Gasteiger partial charge in [0.15, 0.2) is 5.15 Å². The van der Waals surface area contributed by atoms with Gasteiger partial charge in [0.2, 0.25) is 0 Å². The van der Waals surface area contributed by atoms with E-state index in [0.717, 1.165) is 28.4 Å². The van der Waals surface area contributed by atoms with Crippen molar-refractivity contribution in [1.82, 2.24) is 19.6 Å². The zero-order chi connectivity index (χ0) is 12.7. The molecule has 1 saturated carbocycles. The Hall–Kier alpha value is -0.560. The van der Waals surface area contributed by atoms with Crippen molar-refractivity contribution in [2.24, 2.45) is 5.92 Å². The maximum Gasteiger partial charge on any atom is 0.152 e.